The minimum Gasteiger partial charge on any atom is -0.346 e. The summed E-state index contributed by atoms with van der Waals surface area (Å²) in [5, 5.41) is 2.75. The van der Waals surface area contributed by atoms with Crippen LogP contribution in [0.25, 0.3) is 0 Å². The molecule has 0 aromatic carbocycles. The molecule has 0 saturated heterocycles. The molecule has 112 valence electrons. The number of pyridine rings is 1. The quantitative estimate of drug-likeness (QED) is 0.844. The molecule has 0 fully saturated rings. The third-order valence-corrected chi connectivity index (χ3v) is 3.35. The molecule has 0 radical (unpaired) electrons. The first-order chi connectivity index (χ1) is 9.22. The van der Waals surface area contributed by atoms with Gasteiger partial charge in [-0.2, -0.15) is 13.2 Å². The molecule has 1 rings (SSSR count). The van der Waals surface area contributed by atoms with Crippen LogP contribution < -0.4 is 5.32 Å². The monoisotopic (exact) mass is 308 g/mol. The van der Waals surface area contributed by atoms with Gasteiger partial charge < -0.3 is 5.32 Å². The highest BCUT2D eigenvalue weighted by Gasteiger charge is 2.31. The Morgan fingerprint density at radius 2 is 2.05 bits per heavy atom. The summed E-state index contributed by atoms with van der Waals surface area (Å²) in [7, 11) is 0. The van der Waals surface area contributed by atoms with Gasteiger partial charge in [0.2, 0.25) is 0 Å². The number of carbonyl (C=O) groups is 1. The van der Waals surface area contributed by atoms with Crippen LogP contribution in [0.5, 0.6) is 0 Å². The first kappa shape index (κ1) is 16.8. The summed E-state index contributed by atoms with van der Waals surface area (Å²) >= 11 is 5.67. The SMILES string of the molecule is CCC(C)(CCCl)NC(=O)c1ccc(C(F)(F)F)cn1. The van der Waals surface area contributed by atoms with Gasteiger partial charge in [-0.05, 0) is 31.9 Å². The van der Waals surface area contributed by atoms with Crippen LogP contribution in [0.1, 0.15) is 42.7 Å². The molecule has 1 heterocycles. The van der Waals surface area contributed by atoms with Crippen molar-refractivity contribution in [2.45, 2.75) is 38.4 Å². The van der Waals surface area contributed by atoms with Crippen molar-refractivity contribution in [3.63, 3.8) is 0 Å². The summed E-state index contributed by atoms with van der Waals surface area (Å²) in [5.41, 5.74) is -1.43. The molecule has 1 aromatic rings. The maximum Gasteiger partial charge on any atom is 0.417 e. The van der Waals surface area contributed by atoms with Crippen molar-refractivity contribution in [2.75, 3.05) is 5.88 Å². The molecule has 7 heteroatoms. The summed E-state index contributed by atoms with van der Waals surface area (Å²) in [4.78, 5) is 15.5. The van der Waals surface area contributed by atoms with Crippen LogP contribution >= 0.6 is 11.6 Å². The van der Waals surface area contributed by atoms with Crippen molar-refractivity contribution in [3.05, 3.63) is 29.6 Å². The van der Waals surface area contributed by atoms with Crippen LogP contribution in [0.15, 0.2) is 18.3 Å². The van der Waals surface area contributed by atoms with Crippen LogP contribution in [-0.4, -0.2) is 22.3 Å². The van der Waals surface area contributed by atoms with Crippen LogP contribution in [0.2, 0.25) is 0 Å². The minimum atomic E-state index is -4.46. The molecule has 1 N–H and O–H groups in total. The Labute approximate surface area is 120 Å². The summed E-state index contributed by atoms with van der Waals surface area (Å²) in [6.07, 6.45) is -2.58. The first-order valence-electron chi connectivity index (χ1n) is 6.13. The van der Waals surface area contributed by atoms with E-state index in [1.807, 2.05) is 13.8 Å². The number of halogens is 4. The van der Waals surface area contributed by atoms with Gasteiger partial charge in [-0.1, -0.05) is 6.92 Å². The van der Waals surface area contributed by atoms with Crippen molar-refractivity contribution in [1.82, 2.24) is 10.3 Å². The van der Waals surface area contributed by atoms with E-state index in [1.54, 1.807) is 0 Å². The van der Waals surface area contributed by atoms with Crippen molar-refractivity contribution in [3.8, 4) is 0 Å². The molecule has 0 saturated carbocycles. The second kappa shape index (κ2) is 6.43. The van der Waals surface area contributed by atoms with Gasteiger partial charge in [0.1, 0.15) is 5.69 Å². The van der Waals surface area contributed by atoms with Crippen molar-refractivity contribution in [2.24, 2.45) is 0 Å². The van der Waals surface area contributed by atoms with E-state index in [1.165, 1.54) is 0 Å². The summed E-state index contributed by atoms with van der Waals surface area (Å²) in [5.74, 6) is -0.126. The van der Waals surface area contributed by atoms with Gasteiger partial charge in [0.25, 0.3) is 5.91 Å². The molecular formula is C13H16ClF3N2O. The van der Waals surface area contributed by atoms with Crippen LogP contribution in [-0.2, 0) is 6.18 Å². The lowest BCUT2D eigenvalue weighted by Crippen LogP contribution is -2.46. The lowest BCUT2D eigenvalue weighted by molar-refractivity contribution is -0.137. The Morgan fingerprint density at radius 3 is 2.45 bits per heavy atom. The normalized spacial score (nSPS) is 14.7. The number of hydrogen-bond donors (Lipinski definition) is 1. The number of nitrogens with zero attached hydrogens (tertiary/aromatic N) is 1. The lowest BCUT2D eigenvalue weighted by atomic mass is 9.95. The number of carbonyl (C=O) groups excluding carboxylic acids is 1. The number of amides is 1. The van der Waals surface area contributed by atoms with Crippen LogP contribution in [0.4, 0.5) is 13.2 Å². The van der Waals surface area contributed by atoms with Gasteiger partial charge in [0.05, 0.1) is 5.56 Å². The Morgan fingerprint density at radius 1 is 1.40 bits per heavy atom. The Kier molecular flexibility index (Phi) is 5.39. The van der Waals surface area contributed by atoms with E-state index < -0.39 is 23.2 Å². The van der Waals surface area contributed by atoms with E-state index >= 15 is 0 Å². The second-order valence-electron chi connectivity index (χ2n) is 4.74. The molecule has 0 aliphatic rings. The maximum atomic E-state index is 12.4. The molecular weight excluding hydrogens is 293 g/mol. The topological polar surface area (TPSA) is 42.0 Å². The molecule has 0 spiro atoms. The minimum absolute atomic E-state index is 0.0488. The Balaban J connectivity index is 2.83. The van der Waals surface area contributed by atoms with Gasteiger partial charge in [0, 0.05) is 17.6 Å². The maximum absolute atomic E-state index is 12.4. The number of aromatic nitrogens is 1. The van der Waals surface area contributed by atoms with E-state index in [0.29, 0.717) is 24.9 Å². The largest absolute Gasteiger partial charge is 0.417 e. The molecule has 0 aliphatic carbocycles. The highest BCUT2D eigenvalue weighted by atomic mass is 35.5. The molecule has 0 bridgehead atoms. The van der Waals surface area contributed by atoms with E-state index in [-0.39, 0.29) is 5.69 Å². The van der Waals surface area contributed by atoms with Gasteiger partial charge in [-0.15, -0.1) is 11.6 Å². The average molecular weight is 309 g/mol. The van der Waals surface area contributed by atoms with E-state index in [2.05, 4.69) is 10.3 Å². The zero-order valence-electron chi connectivity index (χ0n) is 11.2. The zero-order valence-corrected chi connectivity index (χ0v) is 12.0. The lowest BCUT2D eigenvalue weighted by Gasteiger charge is -2.28. The van der Waals surface area contributed by atoms with Crippen LogP contribution in [0.3, 0.4) is 0 Å². The molecule has 1 aromatic heterocycles. The van der Waals surface area contributed by atoms with Gasteiger partial charge in [0.15, 0.2) is 0 Å². The van der Waals surface area contributed by atoms with E-state index in [9.17, 15) is 18.0 Å². The summed E-state index contributed by atoms with van der Waals surface area (Å²) < 4.78 is 37.2. The number of alkyl halides is 4. The van der Waals surface area contributed by atoms with Crippen molar-refractivity contribution >= 4 is 17.5 Å². The zero-order chi connectivity index (χ0) is 15.4. The van der Waals surface area contributed by atoms with Gasteiger partial charge in [-0.3, -0.25) is 9.78 Å². The standard InChI is InChI=1S/C13H16ClF3N2O/c1-3-12(2,6-7-14)19-11(20)10-5-4-9(8-18-10)13(15,16)17/h4-5,8H,3,6-7H2,1-2H3,(H,19,20). The third kappa shape index (κ3) is 4.37. The fourth-order valence-electron chi connectivity index (χ4n) is 1.57. The molecule has 1 atom stereocenters. The fourth-order valence-corrected chi connectivity index (χ4v) is 1.99. The highest BCUT2D eigenvalue weighted by Crippen LogP contribution is 2.28. The van der Waals surface area contributed by atoms with Crippen molar-refractivity contribution in [1.29, 1.82) is 0 Å². The predicted molar refractivity (Wildman–Crippen MR) is 70.7 cm³/mol. The smallest absolute Gasteiger partial charge is 0.346 e. The fraction of sp³-hybridized carbons (Fsp3) is 0.538. The molecule has 0 aliphatic heterocycles. The van der Waals surface area contributed by atoms with Gasteiger partial charge in [-0.25, -0.2) is 0 Å². The molecule has 1 unspecified atom stereocenters. The number of rotatable bonds is 5. The van der Waals surface area contributed by atoms with Crippen molar-refractivity contribution < 1.29 is 18.0 Å². The van der Waals surface area contributed by atoms with E-state index in [4.69, 9.17) is 11.6 Å². The Bertz CT molecular complexity index is 462. The second-order valence-corrected chi connectivity index (χ2v) is 5.12. The summed E-state index contributed by atoms with van der Waals surface area (Å²) in [6, 6.07) is 1.90. The predicted octanol–water partition coefficient (Wildman–Crippen LogP) is 3.63. The molecule has 20 heavy (non-hydrogen) atoms. The average Bonchev–Trinajstić information content (AvgIpc) is 2.38. The first-order valence-corrected chi connectivity index (χ1v) is 6.67. The third-order valence-electron chi connectivity index (χ3n) is 3.17. The number of hydrogen-bond acceptors (Lipinski definition) is 2. The van der Waals surface area contributed by atoms with E-state index in [0.717, 1.165) is 12.1 Å². The highest BCUT2D eigenvalue weighted by molar-refractivity contribution is 6.17. The van der Waals surface area contributed by atoms with Crippen LogP contribution in [0, 0.1) is 0 Å². The number of nitrogens with one attached hydrogen (secondary N) is 1. The Hall–Kier alpha value is -1.30. The summed E-state index contributed by atoms with van der Waals surface area (Å²) in [6.45, 7) is 3.73. The van der Waals surface area contributed by atoms with Gasteiger partial charge >= 0.3 is 6.18 Å². The molecule has 1 amide bonds. The molecule has 3 nitrogen and oxygen atoms in total.